The van der Waals surface area contributed by atoms with Gasteiger partial charge in [0.15, 0.2) is 0 Å². The van der Waals surface area contributed by atoms with E-state index in [0.29, 0.717) is 6.42 Å². The van der Waals surface area contributed by atoms with Gasteiger partial charge in [0.1, 0.15) is 12.1 Å². The summed E-state index contributed by atoms with van der Waals surface area (Å²) < 4.78 is 0. The van der Waals surface area contributed by atoms with E-state index in [-0.39, 0.29) is 0 Å². The van der Waals surface area contributed by atoms with Crippen LogP contribution in [0.2, 0.25) is 0 Å². The second-order valence-corrected chi connectivity index (χ2v) is 4.18. The summed E-state index contributed by atoms with van der Waals surface area (Å²) >= 11 is 0. The molecule has 0 unspecified atom stereocenters. The van der Waals surface area contributed by atoms with Gasteiger partial charge < -0.3 is 26.8 Å². The number of rotatable bonds is 6. The summed E-state index contributed by atoms with van der Waals surface area (Å²) in [6, 6.07) is 7.25. The van der Waals surface area contributed by atoms with Gasteiger partial charge in [-0.05, 0) is 12.0 Å². The lowest BCUT2D eigenvalue weighted by molar-refractivity contribution is -0.144. The summed E-state index contributed by atoms with van der Waals surface area (Å²) in [5, 5.41) is 24.6. The van der Waals surface area contributed by atoms with Crippen molar-refractivity contribution in [1.82, 2.24) is 0 Å². The third-order valence-corrected chi connectivity index (χ3v) is 2.33. The summed E-state index contributed by atoms with van der Waals surface area (Å²) in [6.07, 6.45) is -0.147. The Balaban J connectivity index is 0.000000400. The topological polar surface area (TPSA) is 164 Å². The van der Waals surface area contributed by atoms with Crippen LogP contribution in [0.4, 0.5) is 0 Å². The Hall–Kier alpha value is -2.45. The van der Waals surface area contributed by atoms with E-state index in [4.69, 9.17) is 26.8 Å². The van der Waals surface area contributed by atoms with Crippen molar-refractivity contribution in [3.05, 3.63) is 35.9 Å². The Bertz CT molecular complexity index is 477. The number of aliphatic carboxylic acids is 3. The smallest absolute Gasteiger partial charge is 0.321 e. The lowest BCUT2D eigenvalue weighted by Crippen LogP contribution is -2.32. The number of hydrogen-bond donors (Lipinski definition) is 5. The molecule has 116 valence electrons. The molecular weight excluding hydrogens is 280 g/mol. The lowest BCUT2D eigenvalue weighted by Gasteiger charge is -2.04. The van der Waals surface area contributed by atoms with Crippen LogP contribution in [0.1, 0.15) is 12.0 Å². The van der Waals surface area contributed by atoms with Gasteiger partial charge in [-0.25, -0.2) is 0 Å². The van der Waals surface area contributed by atoms with Crippen LogP contribution in [-0.2, 0) is 20.8 Å². The Morgan fingerprint density at radius 2 is 1.38 bits per heavy atom. The molecule has 8 heteroatoms. The number of carboxylic acid groups (broad SMARTS) is 3. The van der Waals surface area contributed by atoms with Gasteiger partial charge in [-0.2, -0.15) is 0 Å². The summed E-state index contributed by atoms with van der Waals surface area (Å²) in [4.78, 5) is 30.0. The molecule has 0 saturated carbocycles. The van der Waals surface area contributed by atoms with Crippen molar-refractivity contribution in [3.63, 3.8) is 0 Å². The highest BCUT2D eigenvalue weighted by molar-refractivity contribution is 5.80. The van der Waals surface area contributed by atoms with Gasteiger partial charge in [0.25, 0.3) is 0 Å². The van der Waals surface area contributed by atoms with Crippen molar-refractivity contribution in [2.75, 3.05) is 0 Å². The molecule has 0 bridgehead atoms. The number of nitrogens with two attached hydrogens (primary N) is 2. The molecule has 0 radical (unpaired) electrons. The van der Waals surface area contributed by atoms with Crippen LogP contribution >= 0.6 is 0 Å². The maximum Gasteiger partial charge on any atom is 0.321 e. The zero-order valence-corrected chi connectivity index (χ0v) is 11.2. The van der Waals surface area contributed by atoms with Crippen LogP contribution in [0.15, 0.2) is 30.3 Å². The first kappa shape index (κ1) is 18.6. The van der Waals surface area contributed by atoms with Crippen LogP contribution < -0.4 is 11.5 Å². The van der Waals surface area contributed by atoms with Crippen molar-refractivity contribution in [3.8, 4) is 0 Å². The van der Waals surface area contributed by atoms with Gasteiger partial charge in [0, 0.05) is 0 Å². The molecule has 0 aromatic heterocycles. The predicted octanol–water partition coefficient (Wildman–Crippen LogP) is -0.486. The van der Waals surface area contributed by atoms with Gasteiger partial charge in [-0.1, -0.05) is 30.3 Å². The molecule has 2 atom stereocenters. The molecule has 1 aromatic carbocycles. The van der Waals surface area contributed by atoms with Crippen LogP contribution in [0.25, 0.3) is 0 Å². The van der Waals surface area contributed by atoms with Crippen molar-refractivity contribution in [1.29, 1.82) is 0 Å². The molecule has 8 nitrogen and oxygen atoms in total. The van der Waals surface area contributed by atoms with Crippen LogP contribution in [0.5, 0.6) is 0 Å². The van der Waals surface area contributed by atoms with E-state index >= 15 is 0 Å². The molecule has 0 saturated heterocycles. The lowest BCUT2D eigenvalue weighted by atomic mass is 10.1. The minimum atomic E-state index is -1.29. The minimum absolute atomic E-state index is 0.385. The fourth-order valence-corrected chi connectivity index (χ4v) is 1.23. The van der Waals surface area contributed by atoms with Gasteiger partial charge >= 0.3 is 17.9 Å². The van der Waals surface area contributed by atoms with Crippen molar-refractivity contribution >= 4 is 17.9 Å². The van der Waals surface area contributed by atoms with E-state index in [9.17, 15) is 14.4 Å². The molecule has 0 fully saturated rings. The molecule has 0 aliphatic rings. The molecule has 0 heterocycles. The molecule has 1 rings (SSSR count). The zero-order chi connectivity index (χ0) is 16.4. The van der Waals surface area contributed by atoms with Crippen molar-refractivity contribution in [2.45, 2.75) is 24.9 Å². The van der Waals surface area contributed by atoms with Gasteiger partial charge in [0.2, 0.25) is 0 Å². The van der Waals surface area contributed by atoms with E-state index < -0.39 is 36.4 Å². The number of benzene rings is 1. The van der Waals surface area contributed by atoms with Gasteiger partial charge in [-0.15, -0.1) is 0 Å². The first-order chi connectivity index (χ1) is 9.73. The van der Waals surface area contributed by atoms with E-state index in [2.05, 4.69) is 0 Å². The maximum absolute atomic E-state index is 10.4. The highest BCUT2D eigenvalue weighted by atomic mass is 16.4. The Labute approximate surface area is 121 Å². The highest BCUT2D eigenvalue weighted by Gasteiger charge is 2.14. The number of hydrogen-bond acceptors (Lipinski definition) is 5. The maximum atomic E-state index is 10.4. The predicted molar refractivity (Wildman–Crippen MR) is 73.6 cm³/mol. The fourth-order valence-electron chi connectivity index (χ4n) is 1.23. The Morgan fingerprint density at radius 1 is 0.905 bits per heavy atom. The average molecular weight is 298 g/mol. The molecule has 1 aromatic rings. The van der Waals surface area contributed by atoms with E-state index in [1.165, 1.54) is 0 Å². The summed E-state index contributed by atoms with van der Waals surface area (Å²) in [6.45, 7) is 0. The molecular formula is C13H18N2O6. The van der Waals surface area contributed by atoms with E-state index in [1.54, 1.807) is 0 Å². The zero-order valence-electron chi connectivity index (χ0n) is 11.2. The molecule has 0 amide bonds. The summed E-state index contributed by atoms with van der Waals surface area (Å²) in [5.41, 5.74) is 11.1. The second-order valence-electron chi connectivity index (χ2n) is 4.18. The van der Waals surface area contributed by atoms with Crippen molar-refractivity contribution < 1.29 is 29.7 Å². The SMILES string of the molecule is N[C@@H](CC(=O)O)C(=O)O.N[C@@H](Cc1ccccc1)C(=O)O. The largest absolute Gasteiger partial charge is 0.481 e. The molecule has 0 aliphatic heterocycles. The van der Waals surface area contributed by atoms with E-state index in [1.807, 2.05) is 30.3 Å². The Kier molecular flexibility index (Phi) is 8.35. The molecule has 0 spiro atoms. The summed E-state index contributed by atoms with van der Waals surface area (Å²) in [5.74, 6) is -3.46. The molecule has 0 aliphatic carbocycles. The summed E-state index contributed by atoms with van der Waals surface area (Å²) in [7, 11) is 0. The normalized spacial score (nSPS) is 12.5. The standard InChI is InChI=1S/C9H11NO2.C4H7NO4/c10-8(9(11)12)6-7-4-2-1-3-5-7;5-2(4(8)9)1-3(6)7/h1-5,8H,6,10H2,(H,11,12);2H,1,5H2,(H,6,7)(H,8,9)/t8-;2-/m00/s1. The first-order valence-electron chi connectivity index (χ1n) is 5.96. The Morgan fingerprint density at radius 3 is 1.71 bits per heavy atom. The quantitative estimate of drug-likeness (QED) is 0.469. The van der Waals surface area contributed by atoms with Crippen LogP contribution in [0, 0.1) is 0 Å². The molecule has 7 N–H and O–H groups in total. The van der Waals surface area contributed by atoms with Crippen molar-refractivity contribution in [2.24, 2.45) is 11.5 Å². The number of carboxylic acids is 3. The highest BCUT2D eigenvalue weighted by Crippen LogP contribution is 2.01. The second kappa shape index (κ2) is 9.45. The third-order valence-electron chi connectivity index (χ3n) is 2.33. The van der Waals surface area contributed by atoms with E-state index in [0.717, 1.165) is 5.56 Å². The fraction of sp³-hybridized carbons (Fsp3) is 0.308. The number of carbonyl (C=O) groups is 3. The monoisotopic (exact) mass is 298 g/mol. The third kappa shape index (κ3) is 9.14. The first-order valence-corrected chi connectivity index (χ1v) is 5.96. The van der Waals surface area contributed by atoms with Gasteiger partial charge in [0.05, 0.1) is 6.42 Å². The average Bonchev–Trinajstić information content (AvgIpc) is 2.39. The van der Waals surface area contributed by atoms with Gasteiger partial charge in [-0.3, -0.25) is 14.4 Å². The molecule has 21 heavy (non-hydrogen) atoms. The minimum Gasteiger partial charge on any atom is -0.481 e. The van der Waals surface area contributed by atoms with Crippen LogP contribution in [-0.4, -0.2) is 45.3 Å². The van der Waals surface area contributed by atoms with Crippen LogP contribution in [0.3, 0.4) is 0 Å².